The van der Waals surface area contributed by atoms with E-state index in [0.717, 1.165) is 5.56 Å². The summed E-state index contributed by atoms with van der Waals surface area (Å²) in [5.74, 6) is -3.87. The minimum absolute atomic E-state index is 0.0185. The van der Waals surface area contributed by atoms with Gasteiger partial charge in [-0.1, -0.05) is 64.4 Å². The van der Waals surface area contributed by atoms with Gasteiger partial charge in [-0.05, 0) is 54.9 Å². The van der Waals surface area contributed by atoms with E-state index >= 15 is 0 Å². The Morgan fingerprint density at radius 3 is 2.19 bits per heavy atom. The molecule has 16 heteroatoms. The fourth-order valence-corrected chi connectivity index (χ4v) is 5.38. The van der Waals surface area contributed by atoms with Crippen molar-refractivity contribution in [3.05, 3.63) is 78.0 Å². The van der Waals surface area contributed by atoms with Crippen LogP contribution in [0, 0.1) is 11.8 Å². The maximum atomic E-state index is 13.8. The van der Waals surface area contributed by atoms with Crippen molar-refractivity contribution in [1.82, 2.24) is 31.0 Å². The number of hydrogen-bond acceptors (Lipinski definition) is 8. The van der Waals surface area contributed by atoms with Crippen LogP contribution in [0.5, 0.6) is 0 Å². The van der Waals surface area contributed by atoms with Gasteiger partial charge in [0.05, 0.1) is 6.54 Å². The number of furan rings is 1. The largest absolute Gasteiger partial charge is 0.480 e. The molecule has 0 spiro atoms. The second-order valence-corrected chi connectivity index (χ2v) is 13.1. The lowest BCUT2D eigenvalue weighted by molar-refractivity contribution is -0.142. The van der Waals surface area contributed by atoms with Gasteiger partial charge in [-0.25, -0.2) is 4.79 Å². The number of rotatable bonds is 21. The zero-order valence-electron chi connectivity index (χ0n) is 30.1. The van der Waals surface area contributed by atoms with Crippen LogP contribution in [-0.4, -0.2) is 81.2 Å². The molecular weight excluding hydrogens is 670 g/mol. The number of nitrogens with zero attached hydrogens (tertiary/aromatic N) is 3. The lowest BCUT2D eigenvalue weighted by Gasteiger charge is -2.29. The molecule has 0 saturated heterocycles. The number of carboxylic acids is 1. The number of aliphatic imine (C=N–C) groups is 1. The Balaban J connectivity index is 1.77. The highest BCUT2D eigenvalue weighted by Gasteiger charge is 2.34. The molecule has 0 bridgehead atoms. The van der Waals surface area contributed by atoms with Gasteiger partial charge in [0.1, 0.15) is 29.9 Å². The molecule has 9 N–H and O–H groups in total. The molecular formula is C36H51N9O7. The molecule has 2 aromatic heterocycles. The lowest BCUT2D eigenvalue weighted by atomic mass is 9.96. The molecule has 5 atom stereocenters. The van der Waals surface area contributed by atoms with Crippen LogP contribution in [0.4, 0.5) is 0 Å². The van der Waals surface area contributed by atoms with Gasteiger partial charge in [-0.2, -0.15) is 5.10 Å². The van der Waals surface area contributed by atoms with E-state index in [1.54, 1.807) is 66.5 Å². The predicted molar refractivity (Wildman–Crippen MR) is 194 cm³/mol. The summed E-state index contributed by atoms with van der Waals surface area (Å²) in [7, 11) is 0. The number of aromatic nitrogens is 2. The molecule has 4 amide bonds. The van der Waals surface area contributed by atoms with Crippen LogP contribution in [0.1, 0.15) is 75.3 Å². The lowest BCUT2D eigenvalue weighted by Crippen LogP contribution is -2.59. The van der Waals surface area contributed by atoms with Crippen molar-refractivity contribution >= 4 is 35.6 Å². The molecule has 0 aliphatic heterocycles. The van der Waals surface area contributed by atoms with Crippen LogP contribution in [0.3, 0.4) is 0 Å². The summed E-state index contributed by atoms with van der Waals surface area (Å²) >= 11 is 0. The number of hydrogen-bond donors (Lipinski definition) is 7. The topological polar surface area (TPSA) is 249 Å². The average molecular weight is 722 g/mol. The standard InChI is InChI=1S/C36H51N9O7/c1-5-23(4)30(34(49)43-28(35(50)51)20-24-11-7-6-8-12-24)44-32(47)27(19-22(2)3)42-31(46)26(13-9-16-39-36(37)38)41-33(48)29-15-14-25(52-29)21-45-18-10-17-40-45/h6-8,10-12,14-15,17-18,22-23,26-28,30H,5,9,13,16,19-21H2,1-4H3,(H,41,48)(H,42,46)(H,43,49)(H,44,47)(H,50,51)(H4,37,38,39)/t23-,26-,27-,28-,30-/m0/s1. The van der Waals surface area contributed by atoms with E-state index in [4.69, 9.17) is 15.9 Å². The minimum Gasteiger partial charge on any atom is -0.480 e. The van der Waals surface area contributed by atoms with Gasteiger partial charge in [0.25, 0.3) is 5.91 Å². The fraction of sp³-hybridized carbons (Fsp3) is 0.472. The summed E-state index contributed by atoms with van der Waals surface area (Å²) in [5.41, 5.74) is 11.6. The first kappa shape index (κ1) is 40.8. The Morgan fingerprint density at radius 1 is 0.885 bits per heavy atom. The van der Waals surface area contributed by atoms with Gasteiger partial charge < -0.3 is 42.3 Å². The number of benzene rings is 1. The van der Waals surface area contributed by atoms with E-state index in [0.29, 0.717) is 25.1 Å². The number of carbonyl (C=O) groups excluding carboxylic acids is 4. The highest BCUT2D eigenvalue weighted by Crippen LogP contribution is 2.14. The Kier molecular flexibility index (Phi) is 15.9. The molecule has 0 aliphatic carbocycles. The second-order valence-electron chi connectivity index (χ2n) is 13.1. The third kappa shape index (κ3) is 13.2. The zero-order valence-corrected chi connectivity index (χ0v) is 30.1. The molecule has 0 unspecified atom stereocenters. The summed E-state index contributed by atoms with van der Waals surface area (Å²) in [6, 6.07) is 9.26. The van der Waals surface area contributed by atoms with E-state index in [1.807, 2.05) is 20.8 Å². The first-order chi connectivity index (χ1) is 24.8. The summed E-state index contributed by atoms with van der Waals surface area (Å²) < 4.78 is 7.33. The van der Waals surface area contributed by atoms with E-state index in [9.17, 15) is 29.1 Å². The van der Waals surface area contributed by atoms with Gasteiger partial charge in [0.15, 0.2) is 11.7 Å². The molecule has 0 radical (unpaired) electrons. The Hall–Kier alpha value is -5.67. The van der Waals surface area contributed by atoms with Crippen LogP contribution < -0.4 is 32.7 Å². The smallest absolute Gasteiger partial charge is 0.326 e. The monoisotopic (exact) mass is 721 g/mol. The van der Waals surface area contributed by atoms with E-state index in [1.165, 1.54) is 6.07 Å². The molecule has 16 nitrogen and oxygen atoms in total. The number of carboxylic acid groups (broad SMARTS) is 1. The fourth-order valence-electron chi connectivity index (χ4n) is 5.38. The molecule has 0 aliphatic rings. The third-order valence-electron chi connectivity index (χ3n) is 8.36. The van der Waals surface area contributed by atoms with Crippen LogP contribution in [0.15, 0.2) is 70.3 Å². The number of nitrogens with two attached hydrogens (primary N) is 2. The summed E-state index contributed by atoms with van der Waals surface area (Å²) in [5, 5.41) is 24.8. The highest BCUT2D eigenvalue weighted by molar-refractivity contribution is 5.97. The van der Waals surface area contributed by atoms with Gasteiger partial charge in [-0.15, -0.1) is 0 Å². The summed E-state index contributed by atoms with van der Waals surface area (Å²) in [6.07, 6.45) is 4.58. The Bertz CT molecular complexity index is 1640. The van der Waals surface area contributed by atoms with Crippen molar-refractivity contribution < 1.29 is 33.5 Å². The van der Waals surface area contributed by atoms with Crippen molar-refractivity contribution in [2.75, 3.05) is 6.54 Å². The van der Waals surface area contributed by atoms with Crippen molar-refractivity contribution in [2.24, 2.45) is 28.3 Å². The van der Waals surface area contributed by atoms with Crippen molar-refractivity contribution in [1.29, 1.82) is 0 Å². The van der Waals surface area contributed by atoms with Gasteiger partial charge in [0.2, 0.25) is 17.7 Å². The number of guanidine groups is 1. The first-order valence-corrected chi connectivity index (χ1v) is 17.4. The third-order valence-corrected chi connectivity index (χ3v) is 8.36. The van der Waals surface area contributed by atoms with Crippen molar-refractivity contribution in [3.63, 3.8) is 0 Å². The minimum atomic E-state index is -1.23. The maximum Gasteiger partial charge on any atom is 0.326 e. The van der Waals surface area contributed by atoms with Gasteiger partial charge in [0, 0.05) is 25.4 Å². The van der Waals surface area contributed by atoms with Crippen LogP contribution in [0.2, 0.25) is 0 Å². The summed E-state index contributed by atoms with van der Waals surface area (Å²) in [4.78, 5) is 70.4. The molecule has 3 rings (SSSR count). The van der Waals surface area contributed by atoms with E-state index < -0.39 is 53.8 Å². The number of aliphatic carboxylic acids is 1. The Morgan fingerprint density at radius 2 is 1.58 bits per heavy atom. The van der Waals surface area contributed by atoms with Crippen molar-refractivity contribution in [3.8, 4) is 0 Å². The number of carbonyl (C=O) groups is 5. The van der Waals surface area contributed by atoms with Crippen molar-refractivity contribution in [2.45, 2.75) is 90.5 Å². The molecule has 282 valence electrons. The van der Waals surface area contributed by atoms with Crippen LogP contribution in [-0.2, 0) is 32.1 Å². The number of amides is 4. The highest BCUT2D eigenvalue weighted by atomic mass is 16.4. The quantitative estimate of drug-likeness (QED) is 0.0475. The SMILES string of the molecule is CC[C@H](C)[C@H](NC(=O)[C@H](CC(C)C)NC(=O)[C@H](CCCN=C(N)N)NC(=O)c1ccc(Cn2cccn2)o1)C(=O)N[C@@H](Cc1ccccc1)C(=O)O. The molecule has 2 heterocycles. The summed E-state index contributed by atoms with van der Waals surface area (Å²) in [6.45, 7) is 7.86. The molecule has 0 fully saturated rings. The Labute approximate surface area is 303 Å². The zero-order chi connectivity index (χ0) is 38.2. The van der Waals surface area contributed by atoms with Crippen LogP contribution >= 0.6 is 0 Å². The normalized spacial score (nSPS) is 13.9. The van der Waals surface area contributed by atoms with Crippen LogP contribution in [0.25, 0.3) is 0 Å². The van der Waals surface area contributed by atoms with E-state index in [2.05, 4.69) is 31.4 Å². The molecule has 3 aromatic rings. The van der Waals surface area contributed by atoms with E-state index in [-0.39, 0.29) is 49.4 Å². The van der Waals surface area contributed by atoms with Gasteiger partial charge >= 0.3 is 5.97 Å². The predicted octanol–water partition coefficient (Wildman–Crippen LogP) is 1.55. The van der Waals surface area contributed by atoms with Gasteiger partial charge in [-0.3, -0.25) is 28.9 Å². The molecule has 52 heavy (non-hydrogen) atoms. The average Bonchev–Trinajstić information content (AvgIpc) is 3.80. The second kappa shape index (κ2) is 20.2. The molecule has 0 saturated carbocycles. The maximum absolute atomic E-state index is 13.8. The molecule has 1 aromatic carbocycles. The first-order valence-electron chi connectivity index (χ1n) is 17.4. The number of nitrogens with one attached hydrogen (secondary N) is 4.